The predicted molar refractivity (Wildman–Crippen MR) is 68.6 cm³/mol. The lowest BCUT2D eigenvalue weighted by Crippen LogP contribution is -2.07. The Morgan fingerprint density at radius 3 is 2.71 bits per heavy atom. The molecular weight excluding hydrogens is 234 g/mol. The van der Waals surface area contributed by atoms with Crippen LogP contribution in [0.1, 0.15) is 27.2 Å². The third-order valence-corrected chi connectivity index (χ3v) is 2.92. The van der Waals surface area contributed by atoms with E-state index in [0.717, 1.165) is 11.1 Å². The quantitative estimate of drug-likeness (QED) is 0.757. The molecule has 0 unspecified atom stereocenters. The fraction of sp³-hybridized carbons (Fsp3) is 0.143. The average molecular weight is 246 g/mol. The Bertz CT molecular complexity index is 578. The number of hydrogen-bond donors (Lipinski definition) is 0. The summed E-state index contributed by atoms with van der Waals surface area (Å²) in [6.07, 6.45) is 1.57. The molecule has 0 aliphatic carbocycles. The van der Waals surface area contributed by atoms with Crippen LogP contribution >= 0.6 is 11.6 Å². The molecule has 0 saturated heterocycles. The van der Waals surface area contributed by atoms with Crippen LogP contribution in [0.5, 0.6) is 0 Å². The summed E-state index contributed by atoms with van der Waals surface area (Å²) in [6.45, 7) is 3.86. The van der Waals surface area contributed by atoms with Crippen LogP contribution in [0.3, 0.4) is 0 Å². The van der Waals surface area contributed by atoms with E-state index in [1.807, 2.05) is 32.0 Å². The number of ketones is 1. The first kappa shape index (κ1) is 11.8. The van der Waals surface area contributed by atoms with Gasteiger partial charge in [0.25, 0.3) is 0 Å². The van der Waals surface area contributed by atoms with Crippen LogP contribution in [-0.4, -0.2) is 10.8 Å². The summed E-state index contributed by atoms with van der Waals surface area (Å²) < 4.78 is 0. The first-order chi connectivity index (χ1) is 8.09. The second-order valence-corrected chi connectivity index (χ2v) is 4.39. The Labute approximate surface area is 105 Å². The normalized spacial score (nSPS) is 10.3. The van der Waals surface area contributed by atoms with Gasteiger partial charge in [0, 0.05) is 11.8 Å². The maximum absolute atomic E-state index is 12.3. The van der Waals surface area contributed by atoms with E-state index in [4.69, 9.17) is 11.6 Å². The van der Waals surface area contributed by atoms with E-state index in [9.17, 15) is 4.79 Å². The average Bonchev–Trinajstić information content (AvgIpc) is 2.32. The van der Waals surface area contributed by atoms with Crippen LogP contribution in [0.2, 0.25) is 5.02 Å². The molecule has 0 aliphatic heterocycles. The van der Waals surface area contributed by atoms with Gasteiger partial charge in [0.2, 0.25) is 5.78 Å². The molecule has 2 nitrogen and oxygen atoms in total. The van der Waals surface area contributed by atoms with Gasteiger partial charge in [-0.25, -0.2) is 0 Å². The van der Waals surface area contributed by atoms with Gasteiger partial charge in [0.05, 0.1) is 5.02 Å². The van der Waals surface area contributed by atoms with Crippen molar-refractivity contribution < 1.29 is 4.79 Å². The molecule has 86 valence electrons. The van der Waals surface area contributed by atoms with Crippen LogP contribution in [0.25, 0.3) is 0 Å². The number of rotatable bonds is 2. The monoisotopic (exact) mass is 245 g/mol. The number of pyridine rings is 1. The van der Waals surface area contributed by atoms with Crippen LogP contribution in [0.4, 0.5) is 0 Å². The third kappa shape index (κ3) is 2.37. The van der Waals surface area contributed by atoms with E-state index >= 15 is 0 Å². The van der Waals surface area contributed by atoms with E-state index in [2.05, 4.69) is 4.98 Å². The van der Waals surface area contributed by atoms with Gasteiger partial charge >= 0.3 is 0 Å². The van der Waals surface area contributed by atoms with Crippen LogP contribution in [0, 0.1) is 13.8 Å². The van der Waals surface area contributed by atoms with Crippen molar-refractivity contribution in [3.8, 4) is 0 Å². The fourth-order valence-electron chi connectivity index (χ4n) is 1.66. The molecule has 0 saturated carbocycles. The Morgan fingerprint density at radius 2 is 2.00 bits per heavy atom. The highest BCUT2D eigenvalue weighted by Crippen LogP contribution is 2.19. The molecule has 1 aromatic heterocycles. The summed E-state index contributed by atoms with van der Waals surface area (Å²) in [4.78, 5) is 16.3. The lowest BCUT2D eigenvalue weighted by molar-refractivity contribution is 0.103. The molecule has 3 heteroatoms. The van der Waals surface area contributed by atoms with Gasteiger partial charge in [0.15, 0.2) is 0 Å². The largest absolute Gasteiger partial charge is 0.287 e. The SMILES string of the molecule is Cc1ccc(C)c(C(=O)c2ncccc2Cl)c1. The summed E-state index contributed by atoms with van der Waals surface area (Å²) in [6, 6.07) is 9.16. The second-order valence-electron chi connectivity index (χ2n) is 3.98. The molecule has 0 aliphatic rings. The van der Waals surface area contributed by atoms with Crippen molar-refractivity contribution >= 4 is 17.4 Å². The minimum atomic E-state index is -0.128. The van der Waals surface area contributed by atoms with E-state index in [0.29, 0.717) is 16.3 Å². The number of aromatic nitrogens is 1. The molecule has 2 aromatic rings. The maximum Gasteiger partial charge on any atom is 0.213 e. The van der Waals surface area contributed by atoms with Crippen molar-refractivity contribution in [1.29, 1.82) is 0 Å². The number of aryl methyl sites for hydroxylation is 2. The van der Waals surface area contributed by atoms with Crippen molar-refractivity contribution in [1.82, 2.24) is 4.98 Å². The highest BCUT2D eigenvalue weighted by atomic mass is 35.5. The first-order valence-corrected chi connectivity index (χ1v) is 5.70. The summed E-state index contributed by atoms with van der Waals surface area (Å²) in [7, 11) is 0. The van der Waals surface area contributed by atoms with Gasteiger partial charge in [0.1, 0.15) is 5.69 Å². The van der Waals surface area contributed by atoms with Crippen molar-refractivity contribution in [3.63, 3.8) is 0 Å². The molecule has 0 fully saturated rings. The number of nitrogens with zero attached hydrogens (tertiary/aromatic N) is 1. The Kier molecular flexibility index (Phi) is 3.25. The number of carbonyl (C=O) groups excluding carboxylic acids is 1. The van der Waals surface area contributed by atoms with Gasteiger partial charge in [-0.2, -0.15) is 0 Å². The maximum atomic E-state index is 12.3. The van der Waals surface area contributed by atoms with Crippen molar-refractivity contribution in [2.75, 3.05) is 0 Å². The molecule has 0 N–H and O–H groups in total. The molecular formula is C14H12ClNO. The number of carbonyl (C=O) groups is 1. The van der Waals surface area contributed by atoms with Crippen molar-refractivity contribution in [3.05, 3.63) is 63.9 Å². The first-order valence-electron chi connectivity index (χ1n) is 5.32. The minimum absolute atomic E-state index is 0.128. The predicted octanol–water partition coefficient (Wildman–Crippen LogP) is 3.58. The molecule has 0 atom stereocenters. The van der Waals surface area contributed by atoms with E-state index < -0.39 is 0 Å². The standard InChI is InChI=1S/C14H12ClNO/c1-9-5-6-10(2)11(8-9)14(17)13-12(15)4-3-7-16-13/h3-8H,1-2H3. The molecule has 0 amide bonds. The number of benzene rings is 1. The van der Waals surface area contributed by atoms with Crippen LogP contribution in [0.15, 0.2) is 36.5 Å². The molecule has 2 rings (SSSR count). The molecule has 1 heterocycles. The number of halogens is 1. The second kappa shape index (κ2) is 4.68. The topological polar surface area (TPSA) is 30.0 Å². The minimum Gasteiger partial charge on any atom is -0.287 e. The zero-order valence-corrected chi connectivity index (χ0v) is 10.5. The number of hydrogen-bond acceptors (Lipinski definition) is 2. The van der Waals surface area contributed by atoms with E-state index in [1.165, 1.54) is 0 Å². The van der Waals surface area contributed by atoms with Crippen molar-refractivity contribution in [2.24, 2.45) is 0 Å². The summed E-state index contributed by atoms with van der Waals surface area (Å²) in [5, 5.41) is 0.387. The Morgan fingerprint density at radius 1 is 1.24 bits per heavy atom. The zero-order chi connectivity index (χ0) is 12.4. The third-order valence-electron chi connectivity index (χ3n) is 2.61. The Hall–Kier alpha value is -1.67. The molecule has 0 spiro atoms. The molecule has 0 radical (unpaired) electrons. The van der Waals surface area contributed by atoms with E-state index in [-0.39, 0.29) is 5.78 Å². The zero-order valence-electron chi connectivity index (χ0n) is 9.70. The van der Waals surface area contributed by atoms with Gasteiger partial charge in [-0.05, 0) is 37.6 Å². The van der Waals surface area contributed by atoms with Gasteiger partial charge in [-0.3, -0.25) is 9.78 Å². The molecule has 0 bridgehead atoms. The van der Waals surface area contributed by atoms with Crippen LogP contribution in [-0.2, 0) is 0 Å². The van der Waals surface area contributed by atoms with Crippen LogP contribution < -0.4 is 0 Å². The van der Waals surface area contributed by atoms with Gasteiger partial charge in [-0.15, -0.1) is 0 Å². The highest BCUT2D eigenvalue weighted by Gasteiger charge is 2.15. The fourth-order valence-corrected chi connectivity index (χ4v) is 1.87. The summed E-state index contributed by atoms with van der Waals surface area (Å²) in [5.41, 5.74) is 2.95. The van der Waals surface area contributed by atoms with E-state index in [1.54, 1.807) is 18.3 Å². The summed E-state index contributed by atoms with van der Waals surface area (Å²) >= 11 is 5.98. The smallest absolute Gasteiger partial charge is 0.213 e. The molecule has 17 heavy (non-hydrogen) atoms. The summed E-state index contributed by atoms with van der Waals surface area (Å²) in [5.74, 6) is -0.128. The van der Waals surface area contributed by atoms with Crippen molar-refractivity contribution in [2.45, 2.75) is 13.8 Å². The lowest BCUT2D eigenvalue weighted by atomic mass is 10.00. The molecule has 1 aromatic carbocycles. The van der Waals surface area contributed by atoms with Gasteiger partial charge < -0.3 is 0 Å². The highest BCUT2D eigenvalue weighted by molar-refractivity contribution is 6.34. The Balaban J connectivity index is 2.51. The lowest BCUT2D eigenvalue weighted by Gasteiger charge is -2.06. The van der Waals surface area contributed by atoms with Gasteiger partial charge in [-0.1, -0.05) is 29.3 Å².